The number of hydrogen-bond acceptors (Lipinski definition) is 5. The Morgan fingerprint density at radius 1 is 1.30 bits per heavy atom. The summed E-state index contributed by atoms with van der Waals surface area (Å²) in [5.41, 5.74) is 0.679. The third-order valence-electron chi connectivity index (χ3n) is 3.42. The van der Waals surface area contributed by atoms with Crippen LogP contribution < -0.4 is 5.32 Å². The minimum atomic E-state index is -3.27. The van der Waals surface area contributed by atoms with Crippen LogP contribution in [-0.4, -0.2) is 40.6 Å². The van der Waals surface area contributed by atoms with Crippen molar-refractivity contribution in [1.82, 2.24) is 5.32 Å². The topological polar surface area (TPSA) is 80.3 Å². The van der Waals surface area contributed by atoms with Gasteiger partial charge in [-0.1, -0.05) is 18.2 Å². The van der Waals surface area contributed by atoms with E-state index in [1.807, 2.05) is 0 Å². The molecular formula is C13H19NO4S2. The third kappa shape index (κ3) is 4.04. The van der Waals surface area contributed by atoms with Gasteiger partial charge in [-0.15, -0.1) is 0 Å². The first-order valence-corrected chi connectivity index (χ1v) is 10.2. The molecule has 0 amide bonds. The number of benzene rings is 1. The SMILES string of the molecule is CS(=O)(=O)c1ccccc1CNC1CCCS(=O)(=O)C1. The fourth-order valence-corrected chi connectivity index (χ4v) is 5.06. The molecule has 20 heavy (non-hydrogen) atoms. The van der Waals surface area contributed by atoms with Crippen molar-refractivity contribution in [3.8, 4) is 0 Å². The van der Waals surface area contributed by atoms with E-state index in [1.165, 1.54) is 6.26 Å². The van der Waals surface area contributed by atoms with Crippen molar-refractivity contribution in [3.05, 3.63) is 29.8 Å². The van der Waals surface area contributed by atoms with Crippen LogP contribution in [0.5, 0.6) is 0 Å². The predicted molar refractivity (Wildman–Crippen MR) is 78.1 cm³/mol. The maximum atomic E-state index is 11.7. The molecule has 1 aliphatic heterocycles. The van der Waals surface area contributed by atoms with E-state index in [0.717, 1.165) is 6.42 Å². The lowest BCUT2D eigenvalue weighted by Gasteiger charge is -2.23. The number of sulfone groups is 2. The summed E-state index contributed by atoms with van der Waals surface area (Å²) in [6.45, 7) is 0.365. The highest BCUT2D eigenvalue weighted by molar-refractivity contribution is 7.91. The third-order valence-corrected chi connectivity index (χ3v) is 6.43. The Labute approximate surface area is 120 Å². The van der Waals surface area contributed by atoms with Gasteiger partial charge in [-0.25, -0.2) is 16.8 Å². The summed E-state index contributed by atoms with van der Waals surface area (Å²) in [7, 11) is -6.22. The Hall–Kier alpha value is -0.920. The summed E-state index contributed by atoms with van der Waals surface area (Å²) in [6.07, 6.45) is 2.64. The van der Waals surface area contributed by atoms with Gasteiger partial charge in [0.15, 0.2) is 19.7 Å². The van der Waals surface area contributed by atoms with Gasteiger partial charge in [-0.3, -0.25) is 0 Å². The molecule has 5 nitrogen and oxygen atoms in total. The van der Waals surface area contributed by atoms with Crippen molar-refractivity contribution in [2.45, 2.75) is 30.3 Å². The zero-order valence-electron chi connectivity index (χ0n) is 11.4. The smallest absolute Gasteiger partial charge is 0.175 e. The largest absolute Gasteiger partial charge is 0.309 e. The molecule has 112 valence electrons. The first kappa shape index (κ1) is 15.5. The quantitative estimate of drug-likeness (QED) is 0.886. The number of rotatable bonds is 4. The lowest BCUT2D eigenvalue weighted by atomic mass is 10.1. The second-order valence-corrected chi connectivity index (χ2v) is 9.43. The minimum Gasteiger partial charge on any atom is -0.309 e. The second-order valence-electron chi connectivity index (χ2n) is 5.21. The molecule has 1 aromatic carbocycles. The Morgan fingerprint density at radius 2 is 2.00 bits per heavy atom. The van der Waals surface area contributed by atoms with Gasteiger partial charge in [0.25, 0.3) is 0 Å². The second kappa shape index (κ2) is 5.83. The van der Waals surface area contributed by atoms with Gasteiger partial charge in [0, 0.05) is 18.8 Å². The molecule has 7 heteroatoms. The Kier molecular flexibility index (Phi) is 4.51. The zero-order chi connectivity index (χ0) is 14.8. The van der Waals surface area contributed by atoms with Gasteiger partial charge in [0.2, 0.25) is 0 Å². The molecule has 0 saturated carbocycles. The zero-order valence-corrected chi connectivity index (χ0v) is 13.0. The van der Waals surface area contributed by atoms with E-state index in [4.69, 9.17) is 0 Å². The molecule has 1 N–H and O–H groups in total. The van der Waals surface area contributed by atoms with Crippen LogP contribution in [0.2, 0.25) is 0 Å². The molecule has 0 bridgehead atoms. The van der Waals surface area contributed by atoms with Crippen molar-refractivity contribution in [2.75, 3.05) is 17.8 Å². The van der Waals surface area contributed by atoms with Crippen LogP contribution in [0, 0.1) is 0 Å². The van der Waals surface area contributed by atoms with Crippen LogP contribution in [0.4, 0.5) is 0 Å². The first-order valence-electron chi connectivity index (χ1n) is 6.50. The van der Waals surface area contributed by atoms with Crippen molar-refractivity contribution in [2.24, 2.45) is 0 Å². The standard InChI is InChI=1S/C13H19NO4S2/c1-19(15,16)13-7-3-2-5-11(13)9-14-12-6-4-8-20(17,18)10-12/h2-3,5,7,12,14H,4,6,8-10H2,1H3. The van der Waals surface area contributed by atoms with E-state index in [9.17, 15) is 16.8 Å². The van der Waals surface area contributed by atoms with Crippen LogP contribution in [0.25, 0.3) is 0 Å². The summed E-state index contributed by atoms with van der Waals surface area (Å²) in [4.78, 5) is 0.297. The molecule has 0 aromatic heterocycles. The van der Waals surface area contributed by atoms with E-state index in [2.05, 4.69) is 5.32 Å². The highest BCUT2D eigenvalue weighted by atomic mass is 32.2. The van der Waals surface area contributed by atoms with Crippen molar-refractivity contribution >= 4 is 19.7 Å². The monoisotopic (exact) mass is 317 g/mol. The molecular weight excluding hydrogens is 298 g/mol. The molecule has 0 radical (unpaired) electrons. The predicted octanol–water partition coefficient (Wildman–Crippen LogP) is 0.757. The molecule has 1 heterocycles. The molecule has 2 rings (SSSR count). The summed E-state index contributed by atoms with van der Waals surface area (Å²) in [5, 5.41) is 3.16. The molecule has 1 aromatic rings. The Bertz CT molecular complexity index is 680. The van der Waals surface area contributed by atoms with Crippen LogP contribution in [0.3, 0.4) is 0 Å². The number of hydrogen-bond donors (Lipinski definition) is 1. The van der Waals surface area contributed by atoms with E-state index < -0.39 is 19.7 Å². The van der Waals surface area contributed by atoms with E-state index in [1.54, 1.807) is 24.3 Å². The molecule has 1 unspecified atom stereocenters. The molecule has 1 aliphatic rings. The van der Waals surface area contributed by atoms with Gasteiger partial charge in [0.05, 0.1) is 16.4 Å². The highest BCUT2D eigenvalue weighted by Gasteiger charge is 2.24. The van der Waals surface area contributed by atoms with Gasteiger partial charge in [-0.2, -0.15) is 0 Å². The van der Waals surface area contributed by atoms with Crippen molar-refractivity contribution in [1.29, 1.82) is 0 Å². The fourth-order valence-electron chi connectivity index (χ4n) is 2.45. The van der Waals surface area contributed by atoms with Crippen LogP contribution in [0.1, 0.15) is 18.4 Å². The summed E-state index contributed by atoms with van der Waals surface area (Å²) < 4.78 is 46.5. The Morgan fingerprint density at radius 3 is 2.65 bits per heavy atom. The average Bonchev–Trinajstić information content (AvgIpc) is 2.34. The van der Waals surface area contributed by atoms with Gasteiger partial charge in [0.1, 0.15) is 0 Å². The number of nitrogens with one attached hydrogen (secondary N) is 1. The maximum absolute atomic E-state index is 11.7. The lowest BCUT2D eigenvalue weighted by Crippen LogP contribution is -2.39. The van der Waals surface area contributed by atoms with Crippen molar-refractivity contribution in [3.63, 3.8) is 0 Å². The molecule has 0 spiro atoms. The fraction of sp³-hybridized carbons (Fsp3) is 0.538. The van der Waals surface area contributed by atoms with Gasteiger partial charge >= 0.3 is 0 Å². The highest BCUT2D eigenvalue weighted by Crippen LogP contribution is 2.17. The van der Waals surface area contributed by atoms with Crippen LogP contribution >= 0.6 is 0 Å². The van der Waals surface area contributed by atoms with Crippen LogP contribution in [0.15, 0.2) is 29.2 Å². The van der Waals surface area contributed by atoms with Crippen LogP contribution in [-0.2, 0) is 26.2 Å². The molecule has 1 saturated heterocycles. The van der Waals surface area contributed by atoms with E-state index >= 15 is 0 Å². The summed E-state index contributed by atoms with van der Waals surface area (Å²) in [5.74, 6) is 0.388. The maximum Gasteiger partial charge on any atom is 0.175 e. The molecule has 1 fully saturated rings. The van der Waals surface area contributed by atoms with E-state index in [0.29, 0.717) is 23.4 Å². The summed E-state index contributed by atoms with van der Waals surface area (Å²) >= 11 is 0. The minimum absolute atomic E-state index is 0.0960. The molecule has 1 atom stereocenters. The summed E-state index contributed by atoms with van der Waals surface area (Å²) in [6, 6.07) is 6.69. The first-order chi connectivity index (χ1) is 9.28. The van der Waals surface area contributed by atoms with Crippen molar-refractivity contribution < 1.29 is 16.8 Å². The molecule has 0 aliphatic carbocycles. The van der Waals surface area contributed by atoms with Gasteiger partial charge < -0.3 is 5.32 Å². The lowest BCUT2D eigenvalue weighted by molar-refractivity contribution is 0.478. The van der Waals surface area contributed by atoms with Gasteiger partial charge in [-0.05, 0) is 24.5 Å². The Balaban J connectivity index is 2.09. The van der Waals surface area contributed by atoms with E-state index in [-0.39, 0.29) is 17.5 Å². The average molecular weight is 317 g/mol. The normalized spacial score (nSPS) is 22.6.